The summed E-state index contributed by atoms with van der Waals surface area (Å²) in [5.74, 6) is -0.167. The Bertz CT molecular complexity index is 1170. The molecule has 9 nitrogen and oxygen atoms in total. The van der Waals surface area contributed by atoms with E-state index >= 15 is 0 Å². The standard InChI is InChI=1S/C24H27NO8S/c1-16-13-25(14-17(2)33-16)34(28,29)20-6-3-5-19(11-20)24(27)32-15-21(26)18-7-8-22-23(12-18)31-10-4-9-30-22/h3,5-8,11-12,16-17H,4,9-10,13-15H2,1-2H3/t16-,17+. The predicted octanol–water partition coefficient (Wildman–Crippen LogP) is 2.69. The van der Waals surface area contributed by atoms with Gasteiger partial charge in [-0.2, -0.15) is 4.31 Å². The lowest BCUT2D eigenvalue weighted by molar-refractivity contribution is -0.0440. The number of ketones is 1. The fraction of sp³-hybridized carbons (Fsp3) is 0.417. The van der Waals surface area contributed by atoms with Crippen LogP contribution in [0.2, 0.25) is 0 Å². The number of rotatable bonds is 6. The van der Waals surface area contributed by atoms with Crippen molar-refractivity contribution in [2.75, 3.05) is 32.9 Å². The van der Waals surface area contributed by atoms with E-state index in [9.17, 15) is 18.0 Å². The van der Waals surface area contributed by atoms with Crippen LogP contribution in [0.15, 0.2) is 47.4 Å². The van der Waals surface area contributed by atoms with Crippen molar-refractivity contribution >= 4 is 21.8 Å². The van der Waals surface area contributed by atoms with Crippen molar-refractivity contribution in [2.24, 2.45) is 0 Å². The van der Waals surface area contributed by atoms with Gasteiger partial charge in [0.2, 0.25) is 10.0 Å². The Balaban J connectivity index is 1.43. The quantitative estimate of drug-likeness (QED) is 0.450. The topological polar surface area (TPSA) is 108 Å². The number of hydrogen-bond acceptors (Lipinski definition) is 8. The van der Waals surface area contributed by atoms with Crippen LogP contribution in [0.4, 0.5) is 0 Å². The molecule has 0 spiro atoms. The van der Waals surface area contributed by atoms with E-state index in [4.69, 9.17) is 18.9 Å². The fourth-order valence-corrected chi connectivity index (χ4v) is 5.53. The Morgan fingerprint density at radius 1 is 0.971 bits per heavy atom. The number of nitrogens with zero attached hydrogens (tertiary/aromatic N) is 1. The van der Waals surface area contributed by atoms with Gasteiger partial charge in [-0.1, -0.05) is 6.07 Å². The summed E-state index contributed by atoms with van der Waals surface area (Å²) in [5.41, 5.74) is 0.367. The lowest BCUT2D eigenvalue weighted by Crippen LogP contribution is -2.48. The maximum atomic E-state index is 13.1. The van der Waals surface area contributed by atoms with Gasteiger partial charge in [0.05, 0.1) is 35.9 Å². The number of esters is 1. The number of carbonyl (C=O) groups is 2. The Morgan fingerprint density at radius 2 is 1.68 bits per heavy atom. The average molecular weight is 490 g/mol. The summed E-state index contributed by atoms with van der Waals surface area (Å²) in [5, 5.41) is 0. The van der Waals surface area contributed by atoms with Gasteiger partial charge in [-0.25, -0.2) is 13.2 Å². The van der Waals surface area contributed by atoms with Gasteiger partial charge in [-0.3, -0.25) is 4.79 Å². The molecule has 0 N–H and O–H groups in total. The molecule has 1 saturated heterocycles. The highest BCUT2D eigenvalue weighted by atomic mass is 32.2. The summed E-state index contributed by atoms with van der Waals surface area (Å²) < 4.78 is 49.4. The van der Waals surface area contributed by atoms with Crippen molar-refractivity contribution in [3.8, 4) is 11.5 Å². The first kappa shape index (κ1) is 24.2. The first-order chi connectivity index (χ1) is 16.2. The fourth-order valence-electron chi connectivity index (χ4n) is 3.89. The minimum absolute atomic E-state index is 0.0162. The Hall–Kier alpha value is -2.95. The molecule has 10 heteroatoms. The molecule has 2 atom stereocenters. The van der Waals surface area contributed by atoms with Crippen LogP contribution in [0.3, 0.4) is 0 Å². The molecule has 0 unspecified atom stereocenters. The van der Waals surface area contributed by atoms with Gasteiger partial charge in [0.1, 0.15) is 0 Å². The van der Waals surface area contributed by atoms with E-state index < -0.39 is 28.4 Å². The third kappa shape index (κ3) is 5.40. The second kappa shape index (κ2) is 10.1. The van der Waals surface area contributed by atoms with E-state index in [-0.39, 0.29) is 35.8 Å². The highest BCUT2D eigenvalue weighted by Crippen LogP contribution is 2.30. The number of ether oxygens (including phenoxy) is 4. The smallest absolute Gasteiger partial charge is 0.338 e. The summed E-state index contributed by atoms with van der Waals surface area (Å²) in [7, 11) is -3.82. The molecule has 0 saturated carbocycles. The molecule has 0 amide bonds. The van der Waals surface area contributed by atoms with Gasteiger partial charge < -0.3 is 18.9 Å². The van der Waals surface area contributed by atoms with Gasteiger partial charge in [0.15, 0.2) is 23.9 Å². The van der Waals surface area contributed by atoms with Crippen molar-refractivity contribution < 1.29 is 37.0 Å². The number of morpholine rings is 1. The number of benzene rings is 2. The molecule has 2 heterocycles. The largest absolute Gasteiger partial charge is 0.490 e. The van der Waals surface area contributed by atoms with Crippen molar-refractivity contribution in [1.82, 2.24) is 4.31 Å². The molecule has 34 heavy (non-hydrogen) atoms. The Morgan fingerprint density at radius 3 is 2.41 bits per heavy atom. The molecule has 0 bridgehead atoms. The van der Waals surface area contributed by atoms with Gasteiger partial charge in [-0.05, 0) is 50.2 Å². The monoisotopic (exact) mass is 489 g/mol. The molecule has 2 aliphatic heterocycles. The number of hydrogen-bond donors (Lipinski definition) is 0. The molecule has 4 rings (SSSR count). The van der Waals surface area contributed by atoms with Crippen LogP contribution in [0.5, 0.6) is 11.5 Å². The van der Waals surface area contributed by atoms with E-state index in [0.717, 1.165) is 6.42 Å². The summed E-state index contributed by atoms with van der Waals surface area (Å²) in [4.78, 5) is 25.1. The van der Waals surface area contributed by atoms with Crippen LogP contribution >= 0.6 is 0 Å². The summed E-state index contributed by atoms with van der Waals surface area (Å²) in [6.07, 6.45) is 0.277. The molecule has 182 valence electrons. The molecular formula is C24H27NO8S. The number of Topliss-reactive ketones (excluding diaryl/α,β-unsaturated/α-hetero) is 1. The minimum Gasteiger partial charge on any atom is -0.490 e. The third-order valence-electron chi connectivity index (χ3n) is 5.50. The molecule has 2 aromatic rings. The first-order valence-electron chi connectivity index (χ1n) is 11.1. The zero-order valence-electron chi connectivity index (χ0n) is 19.1. The van der Waals surface area contributed by atoms with Crippen LogP contribution < -0.4 is 9.47 Å². The van der Waals surface area contributed by atoms with Gasteiger partial charge >= 0.3 is 5.97 Å². The van der Waals surface area contributed by atoms with Crippen LogP contribution in [-0.4, -0.2) is 69.6 Å². The molecule has 0 radical (unpaired) electrons. The van der Waals surface area contributed by atoms with E-state index in [1.807, 2.05) is 13.8 Å². The maximum absolute atomic E-state index is 13.1. The third-order valence-corrected chi connectivity index (χ3v) is 7.33. The number of fused-ring (bicyclic) bond motifs is 1. The highest BCUT2D eigenvalue weighted by molar-refractivity contribution is 7.89. The molecule has 1 fully saturated rings. The maximum Gasteiger partial charge on any atom is 0.338 e. The first-order valence-corrected chi connectivity index (χ1v) is 12.5. The summed E-state index contributed by atoms with van der Waals surface area (Å²) in [6.45, 7) is 4.61. The predicted molar refractivity (Wildman–Crippen MR) is 122 cm³/mol. The molecule has 2 aliphatic rings. The minimum atomic E-state index is -3.82. The van der Waals surface area contributed by atoms with Crippen molar-refractivity contribution in [3.63, 3.8) is 0 Å². The van der Waals surface area contributed by atoms with Gasteiger partial charge in [0, 0.05) is 25.1 Å². The van der Waals surface area contributed by atoms with E-state index in [1.54, 1.807) is 18.2 Å². The molecule has 2 aromatic carbocycles. The Labute approximate surface area is 198 Å². The normalized spacial score (nSPS) is 20.9. The van der Waals surface area contributed by atoms with Crippen LogP contribution in [0, 0.1) is 0 Å². The van der Waals surface area contributed by atoms with Gasteiger partial charge in [-0.15, -0.1) is 0 Å². The Kier molecular flexibility index (Phi) is 7.20. The highest BCUT2D eigenvalue weighted by Gasteiger charge is 2.32. The molecule has 0 aromatic heterocycles. The lowest BCUT2D eigenvalue weighted by atomic mass is 10.1. The second-order valence-electron chi connectivity index (χ2n) is 8.32. The average Bonchev–Trinajstić information content (AvgIpc) is 3.06. The van der Waals surface area contributed by atoms with Crippen LogP contribution in [0.25, 0.3) is 0 Å². The lowest BCUT2D eigenvalue weighted by Gasteiger charge is -2.34. The van der Waals surface area contributed by atoms with Crippen LogP contribution in [-0.2, 0) is 19.5 Å². The van der Waals surface area contributed by atoms with E-state index in [2.05, 4.69) is 0 Å². The van der Waals surface area contributed by atoms with Crippen molar-refractivity contribution in [3.05, 3.63) is 53.6 Å². The van der Waals surface area contributed by atoms with E-state index in [0.29, 0.717) is 30.3 Å². The van der Waals surface area contributed by atoms with Crippen LogP contribution in [0.1, 0.15) is 41.0 Å². The number of carbonyl (C=O) groups excluding carboxylic acids is 2. The zero-order chi connectivity index (χ0) is 24.3. The zero-order valence-corrected chi connectivity index (χ0v) is 19.9. The SMILES string of the molecule is C[C@@H]1CN(S(=O)(=O)c2cccc(C(=O)OCC(=O)c3ccc4c(c3)OCCCO4)c2)C[C@H](C)O1. The van der Waals surface area contributed by atoms with Gasteiger partial charge in [0.25, 0.3) is 0 Å². The molecule has 0 aliphatic carbocycles. The van der Waals surface area contributed by atoms with E-state index in [1.165, 1.54) is 28.6 Å². The second-order valence-corrected chi connectivity index (χ2v) is 10.3. The summed E-state index contributed by atoms with van der Waals surface area (Å²) >= 11 is 0. The van der Waals surface area contributed by atoms with Crippen molar-refractivity contribution in [2.45, 2.75) is 37.4 Å². The molecular weight excluding hydrogens is 462 g/mol. The van der Waals surface area contributed by atoms with Crippen molar-refractivity contribution in [1.29, 1.82) is 0 Å². The number of sulfonamides is 1. The summed E-state index contributed by atoms with van der Waals surface area (Å²) in [6, 6.07) is 10.4.